The van der Waals surface area contributed by atoms with E-state index in [1.54, 1.807) is 6.07 Å². The van der Waals surface area contributed by atoms with Crippen LogP contribution in [-0.4, -0.2) is 42.6 Å². The number of hydrogen-bond acceptors (Lipinski definition) is 4. The van der Waals surface area contributed by atoms with Crippen molar-refractivity contribution in [3.63, 3.8) is 0 Å². The second kappa shape index (κ2) is 7.78. The van der Waals surface area contributed by atoms with Gasteiger partial charge in [0.05, 0.1) is 30.9 Å². The molecule has 1 saturated carbocycles. The fourth-order valence-corrected chi connectivity index (χ4v) is 3.79. The van der Waals surface area contributed by atoms with Crippen LogP contribution in [0.2, 0.25) is 0 Å². The van der Waals surface area contributed by atoms with Gasteiger partial charge in [-0.25, -0.2) is 0 Å². The zero-order valence-electron chi connectivity index (χ0n) is 14.2. The molecule has 1 aliphatic heterocycles. The predicted molar refractivity (Wildman–Crippen MR) is 91.3 cm³/mol. The van der Waals surface area contributed by atoms with E-state index in [4.69, 9.17) is 10.00 Å². The van der Waals surface area contributed by atoms with Gasteiger partial charge in [0.15, 0.2) is 0 Å². The number of carbonyl (C=O) groups excluding carboxylic acids is 1. The van der Waals surface area contributed by atoms with Gasteiger partial charge in [0.2, 0.25) is 5.91 Å². The van der Waals surface area contributed by atoms with Gasteiger partial charge < -0.3 is 10.1 Å². The van der Waals surface area contributed by atoms with E-state index in [1.165, 1.54) is 25.7 Å². The molecule has 0 spiro atoms. The molecule has 5 heteroatoms. The summed E-state index contributed by atoms with van der Waals surface area (Å²) < 4.78 is 5.57. The molecule has 1 amide bonds. The first-order valence-corrected chi connectivity index (χ1v) is 8.83. The van der Waals surface area contributed by atoms with Crippen LogP contribution in [0.1, 0.15) is 49.8 Å². The third-order valence-electron chi connectivity index (χ3n) is 5.14. The molecule has 5 nitrogen and oxygen atoms in total. The van der Waals surface area contributed by atoms with Crippen molar-refractivity contribution >= 4 is 5.91 Å². The topological polar surface area (TPSA) is 65.4 Å². The highest BCUT2D eigenvalue weighted by atomic mass is 16.5. The van der Waals surface area contributed by atoms with E-state index in [0.29, 0.717) is 24.8 Å². The van der Waals surface area contributed by atoms with Crippen molar-refractivity contribution in [3.05, 3.63) is 35.4 Å². The number of amides is 1. The standard InChI is InChI=1S/C19H25N3O2/c1-14(16-6-4-5-15(11-16)12-20)21-19(23)18-13-24-10-9-22(18)17-7-2-3-8-17/h4-6,11,14,17-18H,2-3,7-10,13H2,1H3,(H,21,23)/t14-,18+/m0/s1. The van der Waals surface area contributed by atoms with Crippen molar-refractivity contribution in [3.8, 4) is 6.07 Å². The second-order valence-corrected chi connectivity index (χ2v) is 6.73. The molecule has 0 bridgehead atoms. The maximum atomic E-state index is 12.8. The van der Waals surface area contributed by atoms with Gasteiger partial charge in [0.1, 0.15) is 6.04 Å². The van der Waals surface area contributed by atoms with E-state index in [0.717, 1.165) is 12.1 Å². The maximum absolute atomic E-state index is 12.8. The summed E-state index contributed by atoms with van der Waals surface area (Å²) in [4.78, 5) is 15.1. The third-order valence-corrected chi connectivity index (χ3v) is 5.14. The molecule has 1 aromatic rings. The van der Waals surface area contributed by atoms with Crippen molar-refractivity contribution in [1.82, 2.24) is 10.2 Å². The van der Waals surface area contributed by atoms with Crippen molar-refractivity contribution in [2.45, 2.75) is 50.7 Å². The lowest BCUT2D eigenvalue weighted by Crippen LogP contribution is -2.56. The quantitative estimate of drug-likeness (QED) is 0.922. The van der Waals surface area contributed by atoms with Gasteiger partial charge in [0.25, 0.3) is 0 Å². The zero-order valence-corrected chi connectivity index (χ0v) is 14.2. The van der Waals surface area contributed by atoms with Crippen LogP contribution in [0.15, 0.2) is 24.3 Å². The highest BCUT2D eigenvalue weighted by Gasteiger charge is 2.35. The van der Waals surface area contributed by atoms with Crippen LogP contribution in [-0.2, 0) is 9.53 Å². The van der Waals surface area contributed by atoms with Crippen molar-refractivity contribution in [2.75, 3.05) is 19.8 Å². The molecule has 24 heavy (non-hydrogen) atoms. The summed E-state index contributed by atoms with van der Waals surface area (Å²) in [7, 11) is 0. The summed E-state index contributed by atoms with van der Waals surface area (Å²) >= 11 is 0. The van der Waals surface area contributed by atoms with Gasteiger partial charge in [-0.3, -0.25) is 9.69 Å². The zero-order chi connectivity index (χ0) is 16.9. The highest BCUT2D eigenvalue weighted by molar-refractivity contribution is 5.82. The smallest absolute Gasteiger partial charge is 0.240 e. The Morgan fingerprint density at radius 2 is 2.21 bits per heavy atom. The summed E-state index contributed by atoms with van der Waals surface area (Å²) in [6.07, 6.45) is 4.88. The number of nitrogens with zero attached hydrogens (tertiary/aromatic N) is 2. The first-order chi connectivity index (χ1) is 11.7. The molecule has 1 heterocycles. The molecule has 2 fully saturated rings. The second-order valence-electron chi connectivity index (χ2n) is 6.73. The van der Waals surface area contributed by atoms with Crippen molar-refractivity contribution in [2.24, 2.45) is 0 Å². The average molecular weight is 327 g/mol. The minimum atomic E-state index is -0.205. The van der Waals surface area contributed by atoms with E-state index in [-0.39, 0.29) is 18.0 Å². The fraction of sp³-hybridized carbons (Fsp3) is 0.579. The minimum absolute atomic E-state index is 0.0245. The van der Waals surface area contributed by atoms with E-state index in [9.17, 15) is 4.79 Å². The molecule has 1 aliphatic carbocycles. The lowest BCUT2D eigenvalue weighted by molar-refractivity contribution is -0.135. The molecule has 128 valence electrons. The lowest BCUT2D eigenvalue weighted by Gasteiger charge is -2.39. The molecular formula is C19H25N3O2. The molecule has 2 aliphatic rings. The molecule has 2 atom stereocenters. The SMILES string of the molecule is C[C@H](NC(=O)[C@H]1COCCN1C1CCCC1)c1cccc(C#N)c1. The molecule has 0 unspecified atom stereocenters. The van der Waals surface area contributed by atoms with Crippen LogP contribution >= 0.6 is 0 Å². The fourth-order valence-electron chi connectivity index (χ4n) is 3.79. The summed E-state index contributed by atoms with van der Waals surface area (Å²) in [5.41, 5.74) is 1.56. The van der Waals surface area contributed by atoms with Gasteiger partial charge in [-0.1, -0.05) is 25.0 Å². The highest BCUT2D eigenvalue weighted by Crippen LogP contribution is 2.27. The van der Waals surface area contributed by atoms with Crippen LogP contribution in [0, 0.1) is 11.3 Å². The number of carbonyl (C=O) groups is 1. The number of nitriles is 1. The van der Waals surface area contributed by atoms with Gasteiger partial charge in [-0.05, 0) is 37.5 Å². The first kappa shape index (κ1) is 16.9. The Kier molecular flexibility index (Phi) is 5.49. The summed E-state index contributed by atoms with van der Waals surface area (Å²) in [6.45, 7) is 3.96. The Hall–Kier alpha value is -1.90. The van der Waals surface area contributed by atoms with Crippen LogP contribution in [0.5, 0.6) is 0 Å². The number of morpholine rings is 1. The van der Waals surface area contributed by atoms with E-state index in [1.807, 2.05) is 25.1 Å². The maximum Gasteiger partial charge on any atom is 0.240 e. The Balaban J connectivity index is 1.66. The summed E-state index contributed by atoms with van der Waals surface area (Å²) in [5.74, 6) is 0.0245. The van der Waals surface area contributed by atoms with Gasteiger partial charge in [-0.15, -0.1) is 0 Å². The molecule has 3 rings (SSSR count). The molecule has 1 aromatic carbocycles. The van der Waals surface area contributed by atoms with Crippen LogP contribution in [0.3, 0.4) is 0 Å². The van der Waals surface area contributed by atoms with Gasteiger partial charge >= 0.3 is 0 Å². The molecule has 1 saturated heterocycles. The number of benzene rings is 1. The van der Waals surface area contributed by atoms with E-state index >= 15 is 0 Å². The van der Waals surface area contributed by atoms with E-state index < -0.39 is 0 Å². The van der Waals surface area contributed by atoms with Crippen LogP contribution in [0.4, 0.5) is 0 Å². The molecular weight excluding hydrogens is 302 g/mol. The van der Waals surface area contributed by atoms with Gasteiger partial charge in [0, 0.05) is 12.6 Å². The normalized spacial score (nSPS) is 23.6. The average Bonchev–Trinajstić information content (AvgIpc) is 3.16. The third kappa shape index (κ3) is 3.77. The number of hydrogen-bond donors (Lipinski definition) is 1. The number of rotatable bonds is 4. The van der Waals surface area contributed by atoms with Crippen molar-refractivity contribution in [1.29, 1.82) is 5.26 Å². The van der Waals surface area contributed by atoms with Crippen LogP contribution < -0.4 is 5.32 Å². The predicted octanol–water partition coefficient (Wildman–Crippen LogP) is 2.38. The Labute approximate surface area is 143 Å². The lowest BCUT2D eigenvalue weighted by atomic mass is 10.0. The Morgan fingerprint density at radius 3 is 2.96 bits per heavy atom. The summed E-state index contributed by atoms with van der Waals surface area (Å²) in [6, 6.07) is 9.72. The molecule has 0 aromatic heterocycles. The van der Waals surface area contributed by atoms with Crippen molar-refractivity contribution < 1.29 is 9.53 Å². The Morgan fingerprint density at radius 1 is 1.42 bits per heavy atom. The summed E-state index contributed by atoms with van der Waals surface area (Å²) in [5, 5.41) is 12.1. The van der Waals surface area contributed by atoms with Gasteiger partial charge in [-0.2, -0.15) is 5.26 Å². The van der Waals surface area contributed by atoms with Crippen LogP contribution in [0.25, 0.3) is 0 Å². The van der Waals surface area contributed by atoms with E-state index in [2.05, 4.69) is 16.3 Å². The first-order valence-electron chi connectivity index (χ1n) is 8.83. The largest absolute Gasteiger partial charge is 0.378 e. The molecule has 0 radical (unpaired) electrons. The minimum Gasteiger partial charge on any atom is -0.378 e. The monoisotopic (exact) mass is 327 g/mol. The number of ether oxygens (including phenoxy) is 1. The molecule has 1 N–H and O–H groups in total. The Bertz CT molecular complexity index is 619. The number of nitrogens with one attached hydrogen (secondary N) is 1.